The molecule has 0 saturated heterocycles. The van der Waals surface area contributed by atoms with Gasteiger partial charge < -0.3 is 15.5 Å². The minimum absolute atomic E-state index is 0.0497. The summed E-state index contributed by atoms with van der Waals surface area (Å²) in [5, 5.41) is 15.5. The van der Waals surface area contributed by atoms with Crippen molar-refractivity contribution >= 4 is 11.8 Å². The van der Waals surface area contributed by atoms with Crippen LogP contribution in [0.25, 0.3) is 0 Å². The normalized spacial score (nSPS) is 14.8. The summed E-state index contributed by atoms with van der Waals surface area (Å²) >= 11 is 0. The zero-order valence-electron chi connectivity index (χ0n) is 21.7. The lowest BCUT2D eigenvalue weighted by molar-refractivity contribution is 0.0820. The quantitative estimate of drug-likeness (QED) is 0.526. The molecule has 190 valence electrons. The summed E-state index contributed by atoms with van der Waals surface area (Å²) in [4.78, 5) is 28.7. The van der Waals surface area contributed by atoms with E-state index in [-0.39, 0.29) is 17.9 Å². The zero-order chi connectivity index (χ0) is 26.0. The van der Waals surface area contributed by atoms with E-state index >= 15 is 0 Å². The van der Waals surface area contributed by atoms with Gasteiger partial charge in [-0.05, 0) is 72.2 Å². The second kappa shape index (κ2) is 10.2. The third-order valence-electron chi connectivity index (χ3n) is 7.05. The van der Waals surface area contributed by atoms with Crippen LogP contribution in [0.15, 0.2) is 36.4 Å². The Morgan fingerprint density at radius 3 is 1.92 bits per heavy atom. The van der Waals surface area contributed by atoms with Gasteiger partial charge in [0.2, 0.25) is 0 Å². The number of nitrogens with one attached hydrogen (secondary N) is 1. The number of aryl methyl sites for hydroxylation is 2. The highest BCUT2D eigenvalue weighted by Crippen LogP contribution is 2.47. The fourth-order valence-electron chi connectivity index (χ4n) is 5.39. The molecule has 9 heteroatoms. The number of fused-ring (bicyclic) bond motifs is 2. The molecule has 2 aromatic carbocycles. The van der Waals surface area contributed by atoms with Gasteiger partial charge in [-0.15, -0.1) is 10.2 Å². The maximum atomic E-state index is 12.8. The van der Waals surface area contributed by atoms with Crippen molar-refractivity contribution in [3.8, 4) is 0 Å². The second-order valence-electron chi connectivity index (χ2n) is 10.0. The lowest BCUT2D eigenvalue weighted by Gasteiger charge is -2.36. The Hall–Kier alpha value is -3.59. The van der Waals surface area contributed by atoms with Crippen molar-refractivity contribution in [3.05, 3.63) is 75.6 Å². The van der Waals surface area contributed by atoms with E-state index < -0.39 is 5.41 Å². The number of nitrogens with two attached hydrogens (primary N) is 1. The van der Waals surface area contributed by atoms with Crippen LogP contribution in [0, 0.1) is 0 Å². The van der Waals surface area contributed by atoms with Gasteiger partial charge >= 0.3 is 0 Å². The van der Waals surface area contributed by atoms with E-state index in [0.717, 1.165) is 35.1 Å². The number of hydrogen-bond donors (Lipinski definition) is 2. The molecule has 1 atom stereocenters. The molecule has 36 heavy (non-hydrogen) atoms. The lowest BCUT2D eigenvalue weighted by atomic mass is 9.67. The fraction of sp³-hybridized carbons (Fsp3) is 0.444. The van der Waals surface area contributed by atoms with Crippen molar-refractivity contribution in [2.24, 2.45) is 5.73 Å². The monoisotopic (exact) mass is 489 g/mol. The maximum absolute atomic E-state index is 12.8. The first-order valence-corrected chi connectivity index (χ1v) is 12.4. The number of H-pyrrole nitrogens is 1. The summed E-state index contributed by atoms with van der Waals surface area (Å²) in [7, 11) is 7.00. The predicted molar refractivity (Wildman–Crippen MR) is 138 cm³/mol. The van der Waals surface area contributed by atoms with E-state index in [2.05, 4.69) is 27.5 Å². The number of rotatable bonds is 7. The van der Waals surface area contributed by atoms with Crippen LogP contribution in [0.5, 0.6) is 0 Å². The molecule has 9 nitrogen and oxygen atoms in total. The van der Waals surface area contributed by atoms with Crippen molar-refractivity contribution < 1.29 is 9.59 Å². The number of hydrogen-bond acceptors (Lipinski definition) is 6. The van der Waals surface area contributed by atoms with Gasteiger partial charge in [0.1, 0.15) is 0 Å². The van der Waals surface area contributed by atoms with E-state index in [9.17, 15) is 9.59 Å². The number of tetrazole rings is 1. The summed E-state index contributed by atoms with van der Waals surface area (Å²) in [6.45, 7) is 2.12. The first-order chi connectivity index (χ1) is 17.2. The van der Waals surface area contributed by atoms with Crippen LogP contribution in [0.2, 0.25) is 0 Å². The number of carbonyl (C=O) groups is 2. The Bertz CT molecular complexity index is 1180. The number of carbonyl (C=O) groups excluding carboxylic acids is 2. The Balaban J connectivity index is 2.00. The Labute approximate surface area is 212 Å². The van der Waals surface area contributed by atoms with Gasteiger partial charge in [0, 0.05) is 45.4 Å². The van der Waals surface area contributed by atoms with Gasteiger partial charge in [-0.1, -0.05) is 30.7 Å². The summed E-state index contributed by atoms with van der Waals surface area (Å²) < 4.78 is 0. The van der Waals surface area contributed by atoms with E-state index in [4.69, 9.17) is 5.73 Å². The average Bonchev–Trinajstić information content (AvgIpc) is 3.36. The Kier molecular flexibility index (Phi) is 7.21. The molecule has 2 amide bonds. The smallest absolute Gasteiger partial charge is 0.253 e. The molecular weight excluding hydrogens is 454 g/mol. The number of aromatic amines is 1. The van der Waals surface area contributed by atoms with Crippen LogP contribution in [-0.4, -0.2) is 76.5 Å². The molecule has 1 unspecified atom stereocenters. The van der Waals surface area contributed by atoms with Crippen molar-refractivity contribution in [2.75, 3.05) is 28.2 Å². The topological polar surface area (TPSA) is 121 Å². The summed E-state index contributed by atoms with van der Waals surface area (Å²) in [6.07, 6.45) is 3.79. The molecular formula is C27H35N7O2. The van der Waals surface area contributed by atoms with Gasteiger partial charge in [-0.25, -0.2) is 0 Å². The fourth-order valence-corrected chi connectivity index (χ4v) is 5.39. The first-order valence-electron chi connectivity index (χ1n) is 12.4. The van der Waals surface area contributed by atoms with Crippen molar-refractivity contribution in [3.63, 3.8) is 0 Å². The Morgan fingerprint density at radius 1 is 0.972 bits per heavy atom. The molecule has 0 radical (unpaired) electrons. The van der Waals surface area contributed by atoms with Gasteiger partial charge in [0.15, 0.2) is 5.82 Å². The van der Waals surface area contributed by atoms with Crippen molar-refractivity contribution in [2.45, 2.75) is 50.5 Å². The number of nitrogens with zero attached hydrogens (tertiary/aromatic N) is 5. The maximum Gasteiger partial charge on any atom is 0.253 e. The number of amides is 2. The van der Waals surface area contributed by atoms with Crippen LogP contribution >= 0.6 is 0 Å². The van der Waals surface area contributed by atoms with E-state index in [1.807, 2.05) is 36.4 Å². The highest BCUT2D eigenvalue weighted by Gasteiger charge is 2.45. The first kappa shape index (κ1) is 25.5. The third-order valence-corrected chi connectivity index (χ3v) is 7.05. The molecule has 1 aliphatic carbocycles. The van der Waals surface area contributed by atoms with E-state index in [0.29, 0.717) is 36.2 Å². The molecule has 0 bridgehead atoms. The highest BCUT2D eigenvalue weighted by molar-refractivity contribution is 5.95. The van der Waals surface area contributed by atoms with Gasteiger partial charge in [-0.2, -0.15) is 5.21 Å². The number of aromatic nitrogens is 4. The van der Waals surface area contributed by atoms with Crippen molar-refractivity contribution in [1.29, 1.82) is 0 Å². The molecule has 0 spiro atoms. The van der Waals surface area contributed by atoms with Crippen LogP contribution in [0.3, 0.4) is 0 Å². The van der Waals surface area contributed by atoms with Crippen LogP contribution in [0.1, 0.15) is 75.0 Å². The average molecular weight is 490 g/mol. The minimum Gasteiger partial charge on any atom is -0.345 e. The van der Waals surface area contributed by atoms with Gasteiger partial charge in [0.25, 0.3) is 11.8 Å². The summed E-state index contributed by atoms with van der Waals surface area (Å²) in [5.41, 5.74) is 11.3. The summed E-state index contributed by atoms with van der Waals surface area (Å²) in [5.74, 6) is 0.439. The van der Waals surface area contributed by atoms with Gasteiger partial charge in [-0.3, -0.25) is 9.59 Å². The second-order valence-corrected chi connectivity index (χ2v) is 10.0. The van der Waals surface area contributed by atoms with E-state index in [1.165, 1.54) is 0 Å². The summed E-state index contributed by atoms with van der Waals surface area (Å²) in [6, 6.07) is 11.6. The predicted octanol–water partition coefficient (Wildman–Crippen LogP) is 2.55. The zero-order valence-corrected chi connectivity index (χ0v) is 21.7. The Morgan fingerprint density at radius 2 is 1.50 bits per heavy atom. The lowest BCUT2D eigenvalue weighted by Crippen LogP contribution is -2.39. The minimum atomic E-state index is -0.776. The van der Waals surface area contributed by atoms with Crippen molar-refractivity contribution in [1.82, 2.24) is 30.4 Å². The van der Waals surface area contributed by atoms with Crippen LogP contribution < -0.4 is 5.73 Å². The van der Waals surface area contributed by atoms with Crippen LogP contribution in [-0.2, 0) is 18.3 Å². The highest BCUT2D eigenvalue weighted by atomic mass is 16.2. The molecule has 1 aromatic heterocycles. The molecule has 3 N–H and O–H groups in total. The van der Waals surface area contributed by atoms with Crippen LogP contribution in [0.4, 0.5) is 0 Å². The largest absolute Gasteiger partial charge is 0.345 e. The SMILES string of the molecule is CCCC(N)CC1(c2nn[nH]n2)c2ccc(C(=O)N(C)C)cc2CCc2cc(C(=O)N(C)C)ccc21. The molecule has 3 aromatic rings. The standard InChI is InChI=1S/C27H35N7O2/c1-6-7-21(28)16-27(26-29-31-32-30-26)22-12-10-19(24(35)33(2)3)14-17(22)8-9-18-15-20(11-13-23(18)27)25(36)34(4)5/h10-15,21H,6-9,16,28H2,1-5H3,(H,29,30,31,32). The van der Waals surface area contributed by atoms with Gasteiger partial charge in [0.05, 0.1) is 5.41 Å². The molecule has 4 rings (SSSR count). The molecule has 1 aliphatic rings. The third kappa shape index (κ3) is 4.51. The van der Waals surface area contributed by atoms with E-state index in [1.54, 1.807) is 38.0 Å². The molecule has 0 fully saturated rings. The molecule has 0 aliphatic heterocycles. The number of benzene rings is 2. The molecule has 1 heterocycles. The molecule has 0 saturated carbocycles.